The van der Waals surface area contributed by atoms with Crippen molar-refractivity contribution in [1.82, 2.24) is 14.8 Å². The molecule has 0 saturated heterocycles. The number of nitrogens with zero attached hydrogens (tertiary/aromatic N) is 4. The second-order valence-corrected chi connectivity index (χ2v) is 6.52. The number of benzene rings is 1. The first kappa shape index (κ1) is 18.2. The Bertz CT molecular complexity index is 705. The molecule has 130 valence electrons. The zero-order chi connectivity index (χ0) is 17.7. The van der Waals surface area contributed by atoms with Crippen LogP contribution >= 0.6 is 11.6 Å². The fourth-order valence-corrected chi connectivity index (χ4v) is 2.82. The molecule has 0 saturated carbocycles. The lowest BCUT2D eigenvalue weighted by atomic mass is 10.2. The molecule has 0 aliphatic carbocycles. The number of guanidine groups is 1. The summed E-state index contributed by atoms with van der Waals surface area (Å²) in [4.78, 5) is 8.56. The topological polar surface area (TPSA) is 35.8 Å². The average Bonchev–Trinajstić information content (AvgIpc) is 2.85. The minimum atomic E-state index is 0.729. The number of anilines is 1. The minimum absolute atomic E-state index is 0.729. The summed E-state index contributed by atoms with van der Waals surface area (Å²) in [5.74, 6) is 0.850. The van der Waals surface area contributed by atoms with Gasteiger partial charge in [0.1, 0.15) is 0 Å². The third kappa shape index (κ3) is 4.68. The number of aromatic nitrogens is 1. The molecule has 0 aliphatic heterocycles. The average molecular weight is 348 g/mol. The number of rotatable bonds is 5. The fourth-order valence-electron chi connectivity index (χ4n) is 2.55. The van der Waals surface area contributed by atoms with E-state index in [1.807, 2.05) is 45.0 Å². The van der Waals surface area contributed by atoms with E-state index in [0.29, 0.717) is 0 Å². The normalized spacial score (nSPS) is 11.5. The van der Waals surface area contributed by atoms with E-state index in [1.54, 1.807) is 7.05 Å². The summed E-state index contributed by atoms with van der Waals surface area (Å²) in [6.07, 6.45) is 1.91. The van der Waals surface area contributed by atoms with Crippen LogP contribution in [-0.4, -0.2) is 43.6 Å². The standard InChI is InChI=1S/C18H26ClN5/c1-20-18(24(5)13-17-10-15(19)12-23(17)4)21-11-14-7-6-8-16(9-14)22(2)3/h6-10,12H,11,13H2,1-5H3,(H,20,21). The van der Waals surface area contributed by atoms with Gasteiger partial charge in [-0.15, -0.1) is 0 Å². The number of nitrogens with one attached hydrogen (secondary N) is 1. The highest BCUT2D eigenvalue weighted by Crippen LogP contribution is 2.15. The summed E-state index contributed by atoms with van der Waals surface area (Å²) < 4.78 is 2.03. The van der Waals surface area contributed by atoms with Gasteiger partial charge < -0.3 is 19.7 Å². The summed E-state index contributed by atoms with van der Waals surface area (Å²) in [5.41, 5.74) is 3.55. The molecule has 1 aromatic heterocycles. The van der Waals surface area contributed by atoms with Crippen molar-refractivity contribution in [1.29, 1.82) is 0 Å². The van der Waals surface area contributed by atoms with E-state index in [-0.39, 0.29) is 0 Å². The second kappa shape index (κ2) is 8.11. The third-order valence-corrected chi connectivity index (χ3v) is 4.13. The molecule has 24 heavy (non-hydrogen) atoms. The maximum Gasteiger partial charge on any atom is 0.194 e. The first-order valence-electron chi connectivity index (χ1n) is 7.89. The quantitative estimate of drug-likeness (QED) is 0.667. The molecule has 0 atom stereocenters. The van der Waals surface area contributed by atoms with Crippen molar-refractivity contribution >= 4 is 23.2 Å². The third-order valence-electron chi connectivity index (χ3n) is 3.92. The summed E-state index contributed by atoms with van der Waals surface area (Å²) in [5, 5.41) is 4.17. The van der Waals surface area contributed by atoms with Crippen molar-refractivity contribution in [2.24, 2.45) is 12.0 Å². The molecule has 0 radical (unpaired) electrons. The molecule has 0 aliphatic rings. The van der Waals surface area contributed by atoms with Crippen LogP contribution < -0.4 is 10.2 Å². The number of aliphatic imine (C=N–C) groups is 1. The number of hydrogen-bond donors (Lipinski definition) is 1. The lowest BCUT2D eigenvalue weighted by Crippen LogP contribution is -2.38. The van der Waals surface area contributed by atoms with E-state index in [9.17, 15) is 0 Å². The molecule has 0 bridgehead atoms. The Morgan fingerprint density at radius 1 is 1.25 bits per heavy atom. The van der Waals surface area contributed by atoms with Crippen molar-refractivity contribution in [2.45, 2.75) is 13.1 Å². The van der Waals surface area contributed by atoms with E-state index in [0.717, 1.165) is 29.8 Å². The van der Waals surface area contributed by atoms with Crippen LogP contribution in [0.4, 0.5) is 5.69 Å². The van der Waals surface area contributed by atoms with Gasteiger partial charge in [-0.2, -0.15) is 0 Å². The predicted molar refractivity (Wildman–Crippen MR) is 103 cm³/mol. The largest absolute Gasteiger partial charge is 0.378 e. The first-order valence-corrected chi connectivity index (χ1v) is 8.27. The van der Waals surface area contributed by atoms with Crippen molar-refractivity contribution in [2.75, 3.05) is 33.1 Å². The first-order chi connectivity index (χ1) is 11.4. The Hall–Kier alpha value is -2.14. The van der Waals surface area contributed by atoms with Gasteiger partial charge in [0.15, 0.2) is 5.96 Å². The molecule has 6 heteroatoms. The number of aryl methyl sites for hydroxylation is 1. The number of halogens is 1. The highest BCUT2D eigenvalue weighted by molar-refractivity contribution is 6.30. The van der Waals surface area contributed by atoms with E-state index in [2.05, 4.69) is 44.4 Å². The molecular weight excluding hydrogens is 322 g/mol. The highest BCUT2D eigenvalue weighted by atomic mass is 35.5. The van der Waals surface area contributed by atoms with Gasteiger partial charge in [0.25, 0.3) is 0 Å². The van der Waals surface area contributed by atoms with Crippen LogP contribution in [0.5, 0.6) is 0 Å². The van der Waals surface area contributed by atoms with Crippen LogP contribution in [0, 0.1) is 0 Å². The van der Waals surface area contributed by atoms with Gasteiger partial charge in [-0.25, -0.2) is 0 Å². The van der Waals surface area contributed by atoms with Gasteiger partial charge in [-0.3, -0.25) is 4.99 Å². The molecule has 0 fully saturated rings. The Labute approximate surface area is 149 Å². The Kier molecular flexibility index (Phi) is 6.15. The van der Waals surface area contributed by atoms with Crippen molar-refractivity contribution in [3.63, 3.8) is 0 Å². The van der Waals surface area contributed by atoms with Crippen molar-refractivity contribution in [3.05, 3.63) is 52.8 Å². The van der Waals surface area contributed by atoms with Gasteiger partial charge in [-0.05, 0) is 23.8 Å². The molecule has 0 spiro atoms. The molecular formula is C18H26ClN5. The van der Waals surface area contributed by atoms with Gasteiger partial charge in [0.05, 0.1) is 11.6 Å². The van der Waals surface area contributed by atoms with E-state index in [4.69, 9.17) is 11.6 Å². The minimum Gasteiger partial charge on any atom is -0.378 e. The van der Waals surface area contributed by atoms with Gasteiger partial charge >= 0.3 is 0 Å². The smallest absolute Gasteiger partial charge is 0.194 e. The lowest BCUT2D eigenvalue weighted by Gasteiger charge is -2.22. The van der Waals surface area contributed by atoms with Crippen molar-refractivity contribution < 1.29 is 0 Å². The van der Waals surface area contributed by atoms with E-state index < -0.39 is 0 Å². The lowest BCUT2D eigenvalue weighted by molar-refractivity contribution is 0.461. The fraction of sp³-hybridized carbons (Fsp3) is 0.389. The Morgan fingerprint density at radius 3 is 2.58 bits per heavy atom. The summed E-state index contributed by atoms with van der Waals surface area (Å²) >= 11 is 6.05. The molecule has 1 N–H and O–H groups in total. The van der Waals surface area contributed by atoms with Crippen LogP contribution in [0.2, 0.25) is 5.02 Å². The van der Waals surface area contributed by atoms with Gasteiger partial charge in [0.2, 0.25) is 0 Å². The molecule has 1 heterocycles. The van der Waals surface area contributed by atoms with Crippen LogP contribution in [-0.2, 0) is 20.1 Å². The zero-order valence-electron chi connectivity index (χ0n) is 15.0. The summed E-state index contributed by atoms with van der Waals surface area (Å²) in [6, 6.07) is 10.4. The van der Waals surface area contributed by atoms with Crippen LogP contribution in [0.3, 0.4) is 0 Å². The monoisotopic (exact) mass is 347 g/mol. The Morgan fingerprint density at radius 2 is 2.00 bits per heavy atom. The maximum atomic E-state index is 6.05. The van der Waals surface area contributed by atoms with Crippen LogP contribution in [0.25, 0.3) is 0 Å². The van der Waals surface area contributed by atoms with E-state index >= 15 is 0 Å². The van der Waals surface area contributed by atoms with Crippen molar-refractivity contribution in [3.8, 4) is 0 Å². The summed E-state index contributed by atoms with van der Waals surface area (Å²) in [6.45, 7) is 1.47. The Balaban J connectivity index is 1.99. The number of hydrogen-bond acceptors (Lipinski definition) is 2. The SMILES string of the molecule is CN=C(NCc1cccc(N(C)C)c1)N(C)Cc1cc(Cl)cn1C. The predicted octanol–water partition coefficient (Wildman–Crippen LogP) is 2.95. The van der Waals surface area contributed by atoms with Gasteiger partial charge in [-0.1, -0.05) is 23.7 Å². The van der Waals surface area contributed by atoms with E-state index in [1.165, 1.54) is 11.3 Å². The molecule has 5 nitrogen and oxygen atoms in total. The molecule has 2 aromatic rings. The highest BCUT2D eigenvalue weighted by Gasteiger charge is 2.10. The molecule has 0 unspecified atom stereocenters. The zero-order valence-corrected chi connectivity index (χ0v) is 15.8. The van der Waals surface area contributed by atoms with Gasteiger partial charge in [0, 0.05) is 59.4 Å². The second-order valence-electron chi connectivity index (χ2n) is 6.08. The van der Waals surface area contributed by atoms with Crippen LogP contribution in [0.15, 0.2) is 41.5 Å². The molecule has 0 amide bonds. The maximum absolute atomic E-state index is 6.05. The summed E-state index contributed by atoms with van der Waals surface area (Å²) in [7, 11) is 9.91. The molecule has 1 aromatic carbocycles. The molecule has 2 rings (SSSR count). The van der Waals surface area contributed by atoms with Crippen LogP contribution in [0.1, 0.15) is 11.3 Å².